The molecule has 2 fully saturated rings. The first kappa shape index (κ1) is 12.4. The molecular weight excluding hydrogens is 250 g/mol. The minimum Gasteiger partial charge on any atom is -0.379 e. The lowest BCUT2D eigenvalue weighted by Crippen LogP contribution is -2.50. The normalized spacial score (nSPS) is 27.2. The molecule has 3 heterocycles. The molecule has 0 spiro atoms. The zero-order chi connectivity index (χ0) is 13.2. The van der Waals surface area contributed by atoms with Crippen LogP contribution in [0.15, 0.2) is 4.63 Å². The van der Waals surface area contributed by atoms with E-state index >= 15 is 0 Å². The molecule has 2 atom stereocenters. The molecule has 0 radical (unpaired) electrons. The highest BCUT2D eigenvalue weighted by Gasteiger charge is 2.32. The largest absolute Gasteiger partial charge is 0.379 e. The summed E-state index contributed by atoms with van der Waals surface area (Å²) in [5, 5.41) is 9.57. The number of carbonyl (C=O) groups excluding carboxylic acids is 1. The van der Waals surface area contributed by atoms with E-state index < -0.39 is 0 Å². The van der Waals surface area contributed by atoms with E-state index in [0.717, 1.165) is 19.7 Å². The van der Waals surface area contributed by atoms with Gasteiger partial charge in [-0.05, 0) is 29.7 Å². The summed E-state index contributed by atoms with van der Waals surface area (Å²) in [6.45, 7) is 3.17. The monoisotopic (exact) mass is 267 g/mol. The van der Waals surface area contributed by atoms with Gasteiger partial charge in [-0.15, -0.1) is 0 Å². The summed E-state index contributed by atoms with van der Waals surface area (Å²) in [5.74, 6) is -0.382. The van der Waals surface area contributed by atoms with E-state index in [1.165, 1.54) is 12.8 Å². The molecule has 2 saturated heterocycles. The Kier molecular flexibility index (Phi) is 3.34. The Balaban J connectivity index is 1.50. The predicted octanol–water partition coefficient (Wildman–Crippen LogP) is -0.755. The zero-order valence-electron chi connectivity index (χ0n) is 10.5. The lowest BCUT2D eigenvalue weighted by Gasteiger charge is -2.35. The molecule has 0 bridgehead atoms. The number of hydrogen-bond donors (Lipinski definition) is 2. The van der Waals surface area contributed by atoms with Crippen molar-refractivity contribution in [1.29, 1.82) is 0 Å². The number of amides is 1. The number of nitrogens with one attached hydrogen (secondary N) is 1. The molecule has 2 aliphatic heterocycles. The third kappa shape index (κ3) is 2.54. The molecule has 0 saturated carbocycles. The average Bonchev–Trinajstić information content (AvgIpc) is 3.03. The van der Waals surface area contributed by atoms with Crippen molar-refractivity contribution in [2.75, 3.05) is 32.0 Å². The number of nitrogens with two attached hydrogens (primary N) is 1. The van der Waals surface area contributed by atoms with Crippen molar-refractivity contribution in [2.24, 2.45) is 0 Å². The standard InChI is InChI=1S/C11H17N5O3/c12-10-9(14-19-15-10)11(17)13-4-8-5-16-3-1-2-7(16)6-18-8/h7-8H,1-6H2,(H2,12,15)(H,13,17). The second-order valence-corrected chi connectivity index (χ2v) is 4.95. The highest BCUT2D eigenvalue weighted by Crippen LogP contribution is 2.22. The third-order valence-corrected chi connectivity index (χ3v) is 3.68. The minimum atomic E-state index is -0.383. The van der Waals surface area contributed by atoms with Crippen molar-refractivity contribution in [3.63, 3.8) is 0 Å². The lowest BCUT2D eigenvalue weighted by atomic mass is 10.2. The number of nitrogens with zero attached hydrogens (tertiary/aromatic N) is 3. The molecule has 1 aromatic heterocycles. The highest BCUT2D eigenvalue weighted by molar-refractivity contribution is 5.95. The van der Waals surface area contributed by atoms with Crippen LogP contribution < -0.4 is 11.1 Å². The topological polar surface area (TPSA) is 107 Å². The maximum absolute atomic E-state index is 11.8. The average molecular weight is 267 g/mol. The van der Waals surface area contributed by atoms with E-state index in [4.69, 9.17) is 10.5 Å². The molecule has 2 unspecified atom stereocenters. The van der Waals surface area contributed by atoms with Crippen LogP contribution in [0.1, 0.15) is 23.3 Å². The highest BCUT2D eigenvalue weighted by atomic mass is 16.6. The number of anilines is 1. The molecule has 3 N–H and O–H groups in total. The predicted molar refractivity (Wildman–Crippen MR) is 65.4 cm³/mol. The van der Waals surface area contributed by atoms with Gasteiger partial charge in [-0.2, -0.15) is 0 Å². The molecule has 104 valence electrons. The van der Waals surface area contributed by atoms with Gasteiger partial charge in [0, 0.05) is 19.1 Å². The van der Waals surface area contributed by atoms with Gasteiger partial charge in [-0.3, -0.25) is 9.69 Å². The first-order chi connectivity index (χ1) is 9.24. The van der Waals surface area contributed by atoms with Gasteiger partial charge in [0.05, 0.1) is 12.7 Å². The van der Waals surface area contributed by atoms with E-state index in [2.05, 4.69) is 25.2 Å². The lowest BCUT2D eigenvalue weighted by molar-refractivity contribution is -0.0462. The Hall–Kier alpha value is -1.67. The minimum absolute atomic E-state index is 0.00155. The van der Waals surface area contributed by atoms with Crippen molar-refractivity contribution in [2.45, 2.75) is 25.0 Å². The molecule has 1 aromatic rings. The number of ether oxygens (including phenoxy) is 1. The quantitative estimate of drug-likeness (QED) is 0.741. The molecule has 1 amide bonds. The van der Waals surface area contributed by atoms with Gasteiger partial charge in [0.25, 0.3) is 5.91 Å². The van der Waals surface area contributed by atoms with Crippen LogP contribution in [0.4, 0.5) is 5.82 Å². The number of morpholine rings is 1. The van der Waals surface area contributed by atoms with Crippen molar-refractivity contribution in [3.8, 4) is 0 Å². The maximum atomic E-state index is 11.8. The smallest absolute Gasteiger partial charge is 0.277 e. The fourth-order valence-electron chi connectivity index (χ4n) is 2.65. The number of carbonyl (C=O) groups is 1. The summed E-state index contributed by atoms with van der Waals surface area (Å²) in [7, 11) is 0. The molecule has 0 aromatic carbocycles. The number of aromatic nitrogens is 2. The zero-order valence-corrected chi connectivity index (χ0v) is 10.5. The summed E-state index contributed by atoms with van der Waals surface area (Å²) in [4.78, 5) is 14.2. The summed E-state index contributed by atoms with van der Waals surface area (Å²) in [6, 6.07) is 0.558. The van der Waals surface area contributed by atoms with Crippen molar-refractivity contribution < 1.29 is 14.2 Å². The van der Waals surface area contributed by atoms with Gasteiger partial charge >= 0.3 is 0 Å². The summed E-state index contributed by atoms with van der Waals surface area (Å²) < 4.78 is 10.1. The van der Waals surface area contributed by atoms with Crippen LogP contribution in [0, 0.1) is 0 Å². The van der Waals surface area contributed by atoms with E-state index in [1.54, 1.807) is 0 Å². The summed E-state index contributed by atoms with van der Waals surface area (Å²) in [5.41, 5.74) is 5.48. The van der Waals surface area contributed by atoms with E-state index in [0.29, 0.717) is 12.6 Å². The van der Waals surface area contributed by atoms with Crippen LogP contribution in [0.2, 0.25) is 0 Å². The Morgan fingerprint density at radius 2 is 2.42 bits per heavy atom. The Labute approximate surface area is 110 Å². The molecule has 8 nitrogen and oxygen atoms in total. The van der Waals surface area contributed by atoms with Crippen LogP contribution in [0.25, 0.3) is 0 Å². The summed E-state index contributed by atoms with van der Waals surface area (Å²) in [6.07, 6.45) is 2.45. The molecule has 19 heavy (non-hydrogen) atoms. The Morgan fingerprint density at radius 3 is 3.21 bits per heavy atom. The van der Waals surface area contributed by atoms with Gasteiger partial charge in [-0.1, -0.05) is 0 Å². The second-order valence-electron chi connectivity index (χ2n) is 4.95. The Morgan fingerprint density at radius 1 is 1.53 bits per heavy atom. The van der Waals surface area contributed by atoms with E-state index in [1.807, 2.05) is 0 Å². The maximum Gasteiger partial charge on any atom is 0.277 e. The first-order valence-corrected chi connectivity index (χ1v) is 6.46. The number of nitrogen functional groups attached to an aromatic ring is 1. The molecule has 8 heteroatoms. The number of hydrogen-bond acceptors (Lipinski definition) is 7. The van der Waals surface area contributed by atoms with Gasteiger partial charge in [-0.25, -0.2) is 4.63 Å². The fourth-order valence-corrected chi connectivity index (χ4v) is 2.65. The van der Waals surface area contributed by atoms with E-state index in [-0.39, 0.29) is 23.5 Å². The number of fused-ring (bicyclic) bond motifs is 1. The van der Waals surface area contributed by atoms with Crippen molar-refractivity contribution in [3.05, 3.63) is 5.69 Å². The van der Waals surface area contributed by atoms with Crippen LogP contribution >= 0.6 is 0 Å². The molecule has 2 aliphatic rings. The van der Waals surface area contributed by atoms with Crippen LogP contribution in [-0.4, -0.2) is 59.5 Å². The summed E-state index contributed by atoms with van der Waals surface area (Å²) >= 11 is 0. The molecule has 0 aliphatic carbocycles. The third-order valence-electron chi connectivity index (χ3n) is 3.68. The SMILES string of the molecule is Nc1nonc1C(=O)NCC1CN2CCCC2CO1. The van der Waals surface area contributed by atoms with Gasteiger partial charge < -0.3 is 15.8 Å². The van der Waals surface area contributed by atoms with Gasteiger partial charge in [0.15, 0.2) is 0 Å². The van der Waals surface area contributed by atoms with Crippen molar-refractivity contribution >= 4 is 11.7 Å². The number of rotatable bonds is 3. The van der Waals surface area contributed by atoms with Crippen LogP contribution in [0.5, 0.6) is 0 Å². The van der Waals surface area contributed by atoms with Crippen LogP contribution in [0.3, 0.4) is 0 Å². The van der Waals surface area contributed by atoms with Gasteiger partial charge in [0.2, 0.25) is 11.5 Å². The fraction of sp³-hybridized carbons (Fsp3) is 0.727. The van der Waals surface area contributed by atoms with Gasteiger partial charge in [0.1, 0.15) is 0 Å². The molecular formula is C11H17N5O3. The molecule has 3 rings (SSSR count). The Bertz CT molecular complexity index is 463. The second kappa shape index (κ2) is 5.14. The van der Waals surface area contributed by atoms with Crippen LogP contribution in [-0.2, 0) is 4.74 Å². The van der Waals surface area contributed by atoms with Crippen molar-refractivity contribution in [1.82, 2.24) is 20.5 Å². The first-order valence-electron chi connectivity index (χ1n) is 6.46. The van der Waals surface area contributed by atoms with E-state index in [9.17, 15) is 4.79 Å².